The van der Waals surface area contributed by atoms with Gasteiger partial charge in [-0.25, -0.2) is 9.59 Å². The van der Waals surface area contributed by atoms with E-state index in [1.54, 1.807) is 25.3 Å². The van der Waals surface area contributed by atoms with Gasteiger partial charge in [0, 0.05) is 7.05 Å². The molecular weight excluding hydrogens is 528 g/mol. The van der Waals surface area contributed by atoms with E-state index in [9.17, 15) is 14.4 Å². The van der Waals surface area contributed by atoms with Gasteiger partial charge >= 0.3 is 11.9 Å². The zero-order valence-electron chi connectivity index (χ0n) is 22.5. The van der Waals surface area contributed by atoms with E-state index in [0.29, 0.717) is 16.5 Å². The van der Waals surface area contributed by atoms with E-state index in [-0.39, 0.29) is 46.4 Å². The molecule has 1 aromatic carbocycles. The highest BCUT2D eigenvalue weighted by Crippen LogP contribution is 2.35. The van der Waals surface area contributed by atoms with Crippen LogP contribution in [0.15, 0.2) is 23.4 Å². The third-order valence-electron chi connectivity index (χ3n) is 5.54. The summed E-state index contributed by atoms with van der Waals surface area (Å²) in [4.78, 5) is 38.0. The number of nitrogens with zero attached hydrogens (tertiary/aromatic N) is 3. The van der Waals surface area contributed by atoms with Gasteiger partial charge in [0.15, 0.2) is 17.1 Å². The molecule has 12 heteroatoms. The minimum atomic E-state index is -0.615. The molecule has 0 fully saturated rings. The lowest BCUT2D eigenvalue weighted by molar-refractivity contribution is -0.113. The Morgan fingerprint density at radius 1 is 1.08 bits per heavy atom. The monoisotopic (exact) mass is 560 g/mol. The second-order valence-corrected chi connectivity index (χ2v) is 10.4. The van der Waals surface area contributed by atoms with Crippen LogP contribution in [0.5, 0.6) is 5.75 Å². The smallest absolute Gasteiger partial charge is 0.348 e. The minimum absolute atomic E-state index is 0.00619. The highest BCUT2D eigenvalue weighted by atomic mass is 32.2. The van der Waals surface area contributed by atoms with Gasteiger partial charge in [-0.1, -0.05) is 29.5 Å². The van der Waals surface area contributed by atoms with Crippen molar-refractivity contribution in [3.8, 4) is 5.75 Å². The number of carbonyl (C=O) groups is 3. The highest BCUT2D eigenvalue weighted by Gasteiger charge is 2.27. The number of rotatable bonds is 11. The number of carbonyl (C=O) groups excluding carboxylic acids is 3. The second kappa shape index (κ2) is 12.9. The maximum absolute atomic E-state index is 12.8. The molecule has 3 rings (SSSR count). The van der Waals surface area contributed by atoms with Crippen molar-refractivity contribution in [3.05, 3.63) is 51.2 Å². The summed E-state index contributed by atoms with van der Waals surface area (Å²) in [6.45, 7) is 11.3. The van der Waals surface area contributed by atoms with Crippen LogP contribution in [0, 0.1) is 20.8 Å². The Hall–Kier alpha value is -3.38. The number of aromatic nitrogens is 3. The SMILES string of the molecule is CCOC(=O)c1sc(NC(=O)CSc2nnc(C(C)Oc3ccc(C)cc3C)n2C)c(C(=O)OCC)c1C. The van der Waals surface area contributed by atoms with Crippen molar-refractivity contribution in [1.82, 2.24) is 14.8 Å². The Balaban J connectivity index is 1.70. The number of nitrogens with one attached hydrogen (secondary N) is 1. The largest absolute Gasteiger partial charge is 0.482 e. The molecule has 0 saturated carbocycles. The normalized spacial score (nSPS) is 11.7. The van der Waals surface area contributed by atoms with Crippen molar-refractivity contribution >= 4 is 45.9 Å². The molecule has 3 aromatic rings. The van der Waals surface area contributed by atoms with Crippen molar-refractivity contribution in [2.24, 2.45) is 7.05 Å². The van der Waals surface area contributed by atoms with E-state index in [2.05, 4.69) is 21.6 Å². The molecule has 0 aliphatic carbocycles. The number of esters is 2. The van der Waals surface area contributed by atoms with E-state index in [1.165, 1.54) is 11.8 Å². The highest BCUT2D eigenvalue weighted by molar-refractivity contribution is 7.99. The molecule has 0 aliphatic heterocycles. The molecule has 2 heterocycles. The summed E-state index contributed by atoms with van der Waals surface area (Å²) in [5.74, 6) is -0.154. The first kappa shape index (κ1) is 29.2. The van der Waals surface area contributed by atoms with Crippen LogP contribution in [0.1, 0.15) is 69.4 Å². The minimum Gasteiger partial charge on any atom is -0.482 e. The van der Waals surface area contributed by atoms with Crippen molar-refractivity contribution in [1.29, 1.82) is 0 Å². The quantitative estimate of drug-likeness (QED) is 0.254. The average Bonchev–Trinajstić information content (AvgIpc) is 3.39. The summed E-state index contributed by atoms with van der Waals surface area (Å²) in [6, 6.07) is 5.97. The first-order valence-electron chi connectivity index (χ1n) is 12.1. The topological polar surface area (TPSA) is 122 Å². The number of anilines is 1. The van der Waals surface area contributed by atoms with E-state index >= 15 is 0 Å². The van der Waals surface area contributed by atoms with E-state index in [0.717, 1.165) is 28.2 Å². The van der Waals surface area contributed by atoms with Gasteiger partial charge in [0.1, 0.15) is 15.6 Å². The van der Waals surface area contributed by atoms with E-state index in [4.69, 9.17) is 14.2 Å². The molecule has 204 valence electrons. The summed E-state index contributed by atoms with van der Waals surface area (Å²) in [5.41, 5.74) is 2.74. The molecule has 2 aromatic heterocycles. The molecule has 1 atom stereocenters. The fourth-order valence-electron chi connectivity index (χ4n) is 3.72. The average molecular weight is 561 g/mol. The van der Waals surface area contributed by atoms with Crippen molar-refractivity contribution < 1.29 is 28.6 Å². The summed E-state index contributed by atoms with van der Waals surface area (Å²) in [5, 5.41) is 12.0. The van der Waals surface area contributed by atoms with Crippen LogP contribution in [0.4, 0.5) is 5.00 Å². The number of hydrogen-bond acceptors (Lipinski definition) is 10. The van der Waals surface area contributed by atoms with Crippen LogP contribution < -0.4 is 10.1 Å². The third kappa shape index (κ3) is 6.73. The van der Waals surface area contributed by atoms with E-state index in [1.807, 2.05) is 40.0 Å². The molecule has 1 amide bonds. The molecule has 0 bridgehead atoms. The lowest BCUT2D eigenvalue weighted by Crippen LogP contribution is -2.17. The maximum Gasteiger partial charge on any atom is 0.348 e. The number of thiophene rings is 1. The second-order valence-electron chi connectivity index (χ2n) is 8.47. The Labute approximate surface area is 230 Å². The van der Waals surface area contributed by atoms with Crippen LogP contribution in [-0.4, -0.2) is 51.6 Å². The number of hydrogen-bond donors (Lipinski definition) is 1. The maximum atomic E-state index is 12.8. The summed E-state index contributed by atoms with van der Waals surface area (Å²) >= 11 is 2.18. The zero-order chi connectivity index (χ0) is 28.0. The van der Waals surface area contributed by atoms with Crippen molar-refractivity contribution in [2.45, 2.75) is 52.8 Å². The lowest BCUT2D eigenvalue weighted by Gasteiger charge is -2.16. The predicted octanol–water partition coefficient (Wildman–Crippen LogP) is 5.03. The lowest BCUT2D eigenvalue weighted by atomic mass is 10.1. The van der Waals surface area contributed by atoms with Crippen molar-refractivity contribution in [2.75, 3.05) is 24.3 Å². The number of ether oxygens (including phenoxy) is 3. The number of aryl methyl sites for hydroxylation is 2. The number of benzene rings is 1. The van der Waals surface area contributed by atoms with Gasteiger partial charge in [-0.2, -0.15) is 0 Å². The molecule has 1 N–H and O–H groups in total. The zero-order valence-corrected chi connectivity index (χ0v) is 24.2. The molecule has 0 radical (unpaired) electrons. The van der Waals surface area contributed by atoms with Crippen LogP contribution in [0.2, 0.25) is 0 Å². The Morgan fingerprint density at radius 3 is 2.42 bits per heavy atom. The van der Waals surface area contributed by atoms with Gasteiger partial charge in [-0.3, -0.25) is 4.79 Å². The molecule has 0 spiro atoms. The van der Waals surface area contributed by atoms with Gasteiger partial charge in [0.25, 0.3) is 0 Å². The number of amides is 1. The molecule has 38 heavy (non-hydrogen) atoms. The molecule has 10 nitrogen and oxygen atoms in total. The molecular formula is C26H32N4O6S2. The van der Waals surface area contributed by atoms with E-state index < -0.39 is 11.9 Å². The summed E-state index contributed by atoms with van der Waals surface area (Å²) < 4.78 is 18.1. The van der Waals surface area contributed by atoms with Crippen LogP contribution >= 0.6 is 23.1 Å². The Bertz CT molecular complexity index is 1330. The Kier molecular flexibility index (Phi) is 9.92. The predicted molar refractivity (Wildman–Crippen MR) is 146 cm³/mol. The molecule has 0 aliphatic rings. The Morgan fingerprint density at radius 2 is 1.76 bits per heavy atom. The molecule has 1 unspecified atom stereocenters. The van der Waals surface area contributed by atoms with Gasteiger partial charge in [-0.15, -0.1) is 21.5 Å². The molecule has 0 saturated heterocycles. The fourth-order valence-corrected chi connectivity index (χ4v) is 5.54. The summed E-state index contributed by atoms with van der Waals surface area (Å²) in [7, 11) is 1.81. The third-order valence-corrected chi connectivity index (χ3v) is 7.75. The van der Waals surface area contributed by atoms with Gasteiger partial charge in [-0.05, 0) is 58.7 Å². The van der Waals surface area contributed by atoms with Gasteiger partial charge in [0.2, 0.25) is 5.91 Å². The first-order chi connectivity index (χ1) is 18.1. The fraction of sp³-hybridized carbons (Fsp3) is 0.423. The standard InChI is InChI=1S/C26H32N4O6S2/c1-8-34-24(32)20-16(5)21(25(33)35-9-2)38-23(20)27-19(31)13-37-26-29-28-22(30(26)7)17(6)36-18-11-10-14(3)12-15(18)4/h10-12,17H,8-9,13H2,1-7H3,(H,27,31). The van der Waals surface area contributed by atoms with Gasteiger partial charge in [0.05, 0.1) is 24.5 Å². The van der Waals surface area contributed by atoms with Crippen molar-refractivity contribution in [3.63, 3.8) is 0 Å². The van der Waals surface area contributed by atoms with Crippen LogP contribution in [-0.2, 0) is 21.3 Å². The first-order valence-corrected chi connectivity index (χ1v) is 13.9. The van der Waals surface area contributed by atoms with Gasteiger partial charge < -0.3 is 24.1 Å². The number of thioether (sulfide) groups is 1. The summed E-state index contributed by atoms with van der Waals surface area (Å²) in [6.07, 6.45) is -0.361. The van der Waals surface area contributed by atoms with Crippen LogP contribution in [0.3, 0.4) is 0 Å². The van der Waals surface area contributed by atoms with Crippen LogP contribution in [0.25, 0.3) is 0 Å².